The van der Waals surface area contributed by atoms with E-state index < -0.39 is 4.92 Å². The third kappa shape index (κ3) is 7.34. The molecule has 160 valence electrons. The number of piperazine rings is 1. The van der Waals surface area contributed by atoms with E-state index in [2.05, 4.69) is 34.0 Å². The number of carbonyl (C=O) groups excluding carboxylic acids is 1. The number of benzene rings is 1. The van der Waals surface area contributed by atoms with Gasteiger partial charge in [-0.3, -0.25) is 19.8 Å². The van der Waals surface area contributed by atoms with Gasteiger partial charge >= 0.3 is 0 Å². The zero-order chi connectivity index (χ0) is 21.4. The number of nitro groups is 1. The molecule has 29 heavy (non-hydrogen) atoms. The van der Waals surface area contributed by atoms with Gasteiger partial charge in [0.05, 0.1) is 18.0 Å². The van der Waals surface area contributed by atoms with Crippen LogP contribution in [0.25, 0.3) is 0 Å². The summed E-state index contributed by atoms with van der Waals surface area (Å²) in [5.74, 6) is 1.31. The maximum Gasteiger partial charge on any atom is 0.269 e. The van der Waals surface area contributed by atoms with E-state index in [1.54, 1.807) is 31.1 Å². The molecule has 1 fully saturated rings. The number of nitrogens with one attached hydrogen (secondary N) is 1. The summed E-state index contributed by atoms with van der Waals surface area (Å²) in [7, 11) is 3.45. The highest BCUT2D eigenvalue weighted by atomic mass is 16.6. The van der Waals surface area contributed by atoms with Crippen molar-refractivity contribution in [2.45, 2.75) is 20.4 Å². The fraction of sp³-hybridized carbons (Fsp3) is 0.600. The Bertz CT molecular complexity index is 709. The third-order valence-electron chi connectivity index (χ3n) is 4.75. The standard InChI is InChI=1S/C20H32N6O3/c1-16(2)15-24-9-11-25(12-10-24)20(22-14-19(27)23(3)4)21-13-17-5-7-18(8-6-17)26(28)29/h5-8,16H,9-15H2,1-4H3,(H,21,22). The van der Waals surface area contributed by atoms with Crippen LogP contribution in [0.1, 0.15) is 19.4 Å². The van der Waals surface area contributed by atoms with Crippen molar-refractivity contribution < 1.29 is 9.72 Å². The Morgan fingerprint density at radius 3 is 2.34 bits per heavy atom. The number of hydrogen-bond donors (Lipinski definition) is 1. The summed E-state index contributed by atoms with van der Waals surface area (Å²) >= 11 is 0. The van der Waals surface area contributed by atoms with Gasteiger partial charge in [0, 0.05) is 59.0 Å². The monoisotopic (exact) mass is 404 g/mol. The van der Waals surface area contributed by atoms with Gasteiger partial charge in [0.1, 0.15) is 0 Å². The SMILES string of the molecule is CC(C)CN1CCN(C(=NCc2ccc([N+](=O)[O-])cc2)NCC(=O)N(C)C)CC1. The van der Waals surface area contributed by atoms with Crippen LogP contribution < -0.4 is 5.32 Å². The van der Waals surface area contributed by atoms with Crippen LogP contribution in [0.2, 0.25) is 0 Å². The van der Waals surface area contributed by atoms with Crippen LogP contribution in [0.15, 0.2) is 29.3 Å². The number of nitrogens with zero attached hydrogens (tertiary/aromatic N) is 5. The second-order valence-corrected chi connectivity index (χ2v) is 7.89. The normalized spacial score (nSPS) is 15.5. The highest BCUT2D eigenvalue weighted by Crippen LogP contribution is 2.13. The molecule has 0 unspecified atom stereocenters. The van der Waals surface area contributed by atoms with Crippen LogP contribution in [0, 0.1) is 16.0 Å². The zero-order valence-corrected chi connectivity index (χ0v) is 17.8. The second-order valence-electron chi connectivity index (χ2n) is 7.89. The molecule has 0 aliphatic carbocycles. The van der Waals surface area contributed by atoms with Crippen molar-refractivity contribution in [2.24, 2.45) is 10.9 Å². The fourth-order valence-electron chi connectivity index (χ4n) is 3.13. The van der Waals surface area contributed by atoms with Crippen molar-refractivity contribution in [3.05, 3.63) is 39.9 Å². The van der Waals surface area contributed by atoms with Gasteiger partial charge in [0.2, 0.25) is 5.91 Å². The van der Waals surface area contributed by atoms with Gasteiger partial charge in [0.15, 0.2) is 5.96 Å². The average molecular weight is 405 g/mol. The molecule has 0 radical (unpaired) electrons. The molecule has 0 aromatic heterocycles. The maximum absolute atomic E-state index is 12.0. The molecule has 1 aliphatic rings. The number of carbonyl (C=O) groups is 1. The van der Waals surface area contributed by atoms with Crippen molar-refractivity contribution in [1.29, 1.82) is 0 Å². The molecule has 0 spiro atoms. The molecule has 2 rings (SSSR count). The van der Waals surface area contributed by atoms with E-state index in [1.165, 1.54) is 12.1 Å². The molecule has 0 atom stereocenters. The number of hydrogen-bond acceptors (Lipinski definition) is 5. The van der Waals surface area contributed by atoms with Crippen molar-refractivity contribution in [1.82, 2.24) is 20.0 Å². The minimum absolute atomic E-state index is 0.0218. The van der Waals surface area contributed by atoms with Crippen molar-refractivity contribution in [2.75, 3.05) is 53.4 Å². The third-order valence-corrected chi connectivity index (χ3v) is 4.75. The summed E-state index contributed by atoms with van der Waals surface area (Å²) in [5, 5.41) is 14.0. The highest BCUT2D eigenvalue weighted by Gasteiger charge is 2.21. The predicted octanol–water partition coefficient (Wildman–Crippen LogP) is 1.40. The first kappa shape index (κ1) is 22.6. The molecule has 1 aromatic rings. The topological polar surface area (TPSA) is 94.3 Å². The Morgan fingerprint density at radius 1 is 1.21 bits per heavy atom. The molecule has 9 nitrogen and oxygen atoms in total. The van der Waals surface area contributed by atoms with Crippen LogP contribution in [0.3, 0.4) is 0 Å². The Balaban J connectivity index is 2.05. The quantitative estimate of drug-likeness (QED) is 0.320. The Hall–Kier alpha value is -2.68. The Labute approximate surface area is 172 Å². The number of non-ortho nitro benzene ring substituents is 1. The van der Waals surface area contributed by atoms with Crippen LogP contribution in [-0.4, -0.2) is 84.9 Å². The van der Waals surface area contributed by atoms with Gasteiger partial charge in [-0.25, -0.2) is 4.99 Å². The first-order chi connectivity index (χ1) is 13.8. The van der Waals surface area contributed by atoms with Crippen LogP contribution >= 0.6 is 0 Å². The molecule has 1 saturated heterocycles. The van der Waals surface area contributed by atoms with E-state index in [9.17, 15) is 14.9 Å². The lowest BCUT2D eigenvalue weighted by atomic mass is 10.2. The number of nitro benzene ring substituents is 1. The summed E-state index contributed by atoms with van der Waals surface area (Å²) in [6.07, 6.45) is 0. The molecule has 0 saturated carbocycles. The van der Waals surface area contributed by atoms with Gasteiger partial charge in [-0.15, -0.1) is 0 Å². The van der Waals surface area contributed by atoms with E-state index in [0.717, 1.165) is 38.3 Å². The summed E-state index contributed by atoms with van der Waals surface area (Å²) < 4.78 is 0. The summed E-state index contributed by atoms with van der Waals surface area (Å²) in [4.78, 5) is 33.2. The Kier molecular flexibility index (Phi) is 8.38. The number of guanidine groups is 1. The maximum atomic E-state index is 12.0. The molecule has 0 bridgehead atoms. The minimum Gasteiger partial charge on any atom is -0.347 e. The fourth-order valence-corrected chi connectivity index (χ4v) is 3.13. The number of likely N-dealkylation sites (N-methyl/N-ethyl adjacent to an activating group) is 1. The number of aliphatic imine (C=N–C) groups is 1. The molecule has 1 aliphatic heterocycles. The van der Waals surface area contributed by atoms with E-state index >= 15 is 0 Å². The van der Waals surface area contributed by atoms with Crippen LogP contribution in [-0.2, 0) is 11.3 Å². The van der Waals surface area contributed by atoms with Crippen molar-refractivity contribution in [3.8, 4) is 0 Å². The minimum atomic E-state index is -0.413. The lowest BCUT2D eigenvalue weighted by molar-refractivity contribution is -0.384. The van der Waals surface area contributed by atoms with E-state index in [1.807, 2.05) is 0 Å². The number of rotatable bonds is 7. The summed E-state index contributed by atoms with van der Waals surface area (Å²) in [6, 6.07) is 6.39. The number of amides is 1. The second kappa shape index (κ2) is 10.8. The van der Waals surface area contributed by atoms with Crippen molar-refractivity contribution >= 4 is 17.6 Å². The largest absolute Gasteiger partial charge is 0.347 e. The molecule has 1 aromatic carbocycles. The summed E-state index contributed by atoms with van der Waals surface area (Å²) in [5.41, 5.74) is 0.946. The molecular weight excluding hydrogens is 372 g/mol. The summed E-state index contributed by atoms with van der Waals surface area (Å²) in [6.45, 7) is 9.69. The first-order valence-electron chi connectivity index (χ1n) is 9.95. The molecule has 1 N–H and O–H groups in total. The zero-order valence-electron chi connectivity index (χ0n) is 17.8. The molecular formula is C20H32N6O3. The molecule has 1 amide bonds. The van der Waals surface area contributed by atoms with Gasteiger partial charge in [0.25, 0.3) is 5.69 Å². The average Bonchev–Trinajstić information content (AvgIpc) is 2.68. The first-order valence-corrected chi connectivity index (χ1v) is 9.95. The van der Waals surface area contributed by atoms with E-state index in [-0.39, 0.29) is 18.1 Å². The molecule has 1 heterocycles. The van der Waals surface area contributed by atoms with Gasteiger partial charge in [-0.05, 0) is 11.5 Å². The lowest BCUT2D eigenvalue weighted by Crippen LogP contribution is -2.54. The van der Waals surface area contributed by atoms with Crippen LogP contribution in [0.5, 0.6) is 0 Å². The van der Waals surface area contributed by atoms with Gasteiger partial charge in [-0.1, -0.05) is 26.0 Å². The van der Waals surface area contributed by atoms with Crippen LogP contribution in [0.4, 0.5) is 5.69 Å². The van der Waals surface area contributed by atoms with Gasteiger partial charge in [-0.2, -0.15) is 0 Å². The van der Waals surface area contributed by atoms with Gasteiger partial charge < -0.3 is 15.1 Å². The van der Waals surface area contributed by atoms with Crippen molar-refractivity contribution in [3.63, 3.8) is 0 Å². The highest BCUT2D eigenvalue weighted by molar-refractivity contribution is 5.86. The van der Waals surface area contributed by atoms with E-state index in [4.69, 9.17) is 0 Å². The predicted molar refractivity (Wildman–Crippen MR) is 114 cm³/mol. The van der Waals surface area contributed by atoms with E-state index in [0.29, 0.717) is 18.4 Å². The smallest absolute Gasteiger partial charge is 0.269 e. The lowest BCUT2D eigenvalue weighted by Gasteiger charge is -2.37. The Morgan fingerprint density at radius 2 is 1.83 bits per heavy atom. The molecule has 9 heteroatoms.